The van der Waals surface area contributed by atoms with Crippen molar-refractivity contribution in [3.05, 3.63) is 56.9 Å². The van der Waals surface area contributed by atoms with Gasteiger partial charge in [0.25, 0.3) is 5.56 Å². The normalized spacial score (nSPS) is 9.71. The molecule has 0 aliphatic heterocycles. The molecule has 0 saturated heterocycles. The molecule has 0 saturated carbocycles. The van der Waals surface area contributed by atoms with Crippen molar-refractivity contribution in [1.82, 2.24) is 4.57 Å². The van der Waals surface area contributed by atoms with Gasteiger partial charge in [-0.05, 0) is 42.5 Å². The number of hydrogen-bond acceptors (Lipinski definition) is 7. The number of rotatable bonds is 5. The summed E-state index contributed by atoms with van der Waals surface area (Å²) in [7, 11) is 1.53. The van der Waals surface area contributed by atoms with Crippen LogP contribution in [-0.2, 0) is 0 Å². The fourth-order valence-corrected chi connectivity index (χ4v) is 3.66. The van der Waals surface area contributed by atoms with E-state index >= 15 is 0 Å². The molecule has 0 unspecified atom stereocenters. The molecule has 2 N–H and O–H groups in total. The molecule has 0 amide bonds. The van der Waals surface area contributed by atoms with Crippen molar-refractivity contribution in [3.8, 4) is 29.6 Å². The number of ether oxygens (including phenoxy) is 1. The Morgan fingerprint density at radius 2 is 1.82 bits per heavy atom. The third kappa shape index (κ3) is 3.57. The molecule has 0 fully saturated rings. The highest BCUT2D eigenvalue weighted by atomic mass is 32.2. The number of benzene rings is 1. The van der Waals surface area contributed by atoms with Gasteiger partial charge in [-0.25, -0.2) is 0 Å². The molecule has 1 aromatic carbocycles. The van der Waals surface area contributed by atoms with E-state index in [9.17, 15) is 20.6 Å². The second-order valence-electron chi connectivity index (χ2n) is 5.57. The van der Waals surface area contributed by atoms with Crippen LogP contribution in [0.25, 0.3) is 10.6 Å². The molecule has 140 valence electrons. The number of hydrogen-bond donors (Lipinski definition) is 1. The van der Waals surface area contributed by atoms with Crippen LogP contribution in [0, 0.1) is 40.9 Å². The molecule has 2 aromatic rings. The first-order valence-electron chi connectivity index (χ1n) is 8.22. The number of nitrogens with zero attached hydrogens (tertiary/aromatic N) is 4. The van der Waals surface area contributed by atoms with Gasteiger partial charge in [0, 0.05) is 4.91 Å². The van der Waals surface area contributed by atoms with Crippen LogP contribution in [0.1, 0.15) is 23.6 Å². The van der Waals surface area contributed by atoms with E-state index in [0.717, 1.165) is 0 Å². The molecule has 1 heterocycles. The summed E-state index contributed by atoms with van der Waals surface area (Å²) >= 11 is 1.20. The van der Waals surface area contributed by atoms with Crippen molar-refractivity contribution < 1.29 is 4.74 Å². The zero-order valence-corrected chi connectivity index (χ0v) is 16.4. The van der Waals surface area contributed by atoms with Crippen molar-refractivity contribution in [3.63, 3.8) is 0 Å². The van der Waals surface area contributed by atoms with Crippen molar-refractivity contribution in [2.24, 2.45) is 0 Å². The molecule has 1 aromatic heterocycles. The zero-order chi connectivity index (χ0) is 20.8. The molecule has 7 nitrogen and oxygen atoms in total. The van der Waals surface area contributed by atoms with Gasteiger partial charge in [-0.2, -0.15) is 15.8 Å². The van der Waals surface area contributed by atoms with Gasteiger partial charge in [-0.15, -0.1) is 11.8 Å². The lowest BCUT2D eigenvalue weighted by molar-refractivity contribution is 0.414. The Morgan fingerprint density at radius 1 is 1.21 bits per heavy atom. The first-order chi connectivity index (χ1) is 13.4. The standard InChI is InChI=1S/C20H17N5O2S/c1-4-28-18(13(9-21)10-22)17-12(2)16(11-23)19(24)25(20(17)26)14-5-7-15(27-3)8-6-14/h5-8H,4,24H2,1-3H3. The smallest absolute Gasteiger partial charge is 0.265 e. The van der Waals surface area contributed by atoms with Crippen LogP contribution in [0.5, 0.6) is 5.75 Å². The van der Waals surface area contributed by atoms with E-state index < -0.39 is 5.56 Å². The Labute approximate surface area is 166 Å². The fourth-order valence-electron chi connectivity index (χ4n) is 2.75. The second kappa shape index (κ2) is 8.81. The van der Waals surface area contributed by atoms with Crippen LogP contribution in [0.4, 0.5) is 5.82 Å². The molecular weight excluding hydrogens is 374 g/mol. The number of methoxy groups -OCH3 is 1. The Balaban J connectivity index is 2.98. The third-order valence-electron chi connectivity index (χ3n) is 4.07. The predicted molar refractivity (Wildman–Crippen MR) is 109 cm³/mol. The molecule has 0 radical (unpaired) electrons. The third-order valence-corrected chi connectivity index (χ3v) is 5.06. The van der Waals surface area contributed by atoms with Crippen LogP contribution < -0.4 is 16.0 Å². The van der Waals surface area contributed by atoms with Gasteiger partial charge >= 0.3 is 0 Å². The number of allylic oxidation sites excluding steroid dienone is 1. The first-order valence-corrected chi connectivity index (χ1v) is 9.20. The lowest BCUT2D eigenvalue weighted by Crippen LogP contribution is -2.27. The van der Waals surface area contributed by atoms with Crippen LogP contribution >= 0.6 is 11.8 Å². The summed E-state index contributed by atoms with van der Waals surface area (Å²) in [6, 6.07) is 12.3. The van der Waals surface area contributed by atoms with Gasteiger partial charge in [0.05, 0.1) is 23.9 Å². The highest BCUT2D eigenvalue weighted by Crippen LogP contribution is 2.33. The van der Waals surface area contributed by atoms with Gasteiger partial charge in [0.15, 0.2) is 0 Å². The molecule has 0 spiro atoms. The summed E-state index contributed by atoms with van der Waals surface area (Å²) in [4.78, 5) is 13.6. The minimum atomic E-state index is -0.502. The van der Waals surface area contributed by atoms with E-state index in [0.29, 0.717) is 22.8 Å². The topological polar surface area (TPSA) is 129 Å². The quantitative estimate of drug-likeness (QED) is 0.775. The van der Waals surface area contributed by atoms with Crippen LogP contribution in [0.15, 0.2) is 34.6 Å². The average Bonchev–Trinajstić information content (AvgIpc) is 2.69. The summed E-state index contributed by atoms with van der Waals surface area (Å²) in [6.45, 7) is 3.43. The van der Waals surface area contributed by atoms with Gasteiger partial charge < -0.3 is 10.5 Å². The SMILES string of the molecule is CCSC(=C(C#N)C#N)c1c(C)c(C#N)c(N)n(-c2ccc(OC)cc2)c1=O. The summed E-state index contributed by atoms with van der Waals surface area (Å²) < 4.78 is 6.34. The van der Waals surface area contributed by atoms with E-state index in [2.05, 4.69) is 0 Å². The van der Waals surface area contributed by atoms with E-state index in [1.807, 2.05) is 25.1 Å². The zero-order valence-electron chi connectivity index (χ0n) is 15.6. The molecule has 8 heteroatoms. The maximum absolute atomic E-state index is 13.4. The molecule has 0 atom stereocenters. The number of aromatic nitrogens is 1. The molecular formula is C20H17N5O2S. The minimum Gasteiger partial charge on any atom is -0.497 e. The fraction of sp³-hybridized carbons (Fsp3) is 0.200. The number of anilines is 1. The summed E-state index contributed by atoms with van der Waals surface area (Å²) in [5.41, 5.74) is 6.49. The minimum absolute atomic E-state index is 0.00442. The highest BCUT2D eigenvalue weighted by molar-refractivity contribution is 8.08. The van der Waals surface area contributed by atoms with Gasteiger partial charge in [0.2, 0.25) is 0 Å². The summed E-state index contributed by atoms with van der Waals surface area (Å²) in [5, 5.41) is 28.3. The number of pyridine rings is 1. The summed E-state index contributed by atoms with van der Waals surface area (Å²) in [5.74, 6) is 1.13. The van der Waals surface area contributed by atoms with Crippen LogP contribution in [0.3, 0.4) is 0 Å². The number of thioether (sulfide) groups is 1. The van der Waals surface area contributed by atoms with E-state index in [1.165, 1.54) is 23.4 Å². The van der Waals surface area contributed by atoms with E-state index in [-0.39, 0.29) is 27.4 Å². The molecule has 0 bridgehead atoms. The largest absolute Gasteiger partial charge is 0.497 e. The van der Waals surface area contributed by atoms with E-state index in [1.54, 1.807) is 31.2 Å². The van der Waals surface area contributed by atoms with Crippen molar-refractivity contribution >= 4 is 22.5 Å². The van der Waals surface area contributed by atoms with Crippen LogP contribution in [-0.4, -0.2) is 17.4 Å². The maximum Gasteiger partial charge on any atom is 0.265 e. The lowest BCUT2D eigenvalue weighted by Gasteiger charge is -2.18. The Kier molecular flexibility index (Phi) is 6.50. The Bertz CT molecular complexity index is 1110. The molecule has 28 heavy (non-hydrogen) atoms. The van der Waals surface area contributed by atoms with Gasteiger partial charge in [-0.1, -0.05) is 6.92 Å². The maximum atomic E-state index is 13.4. The molecule has 0 aliphatic rings. The highest BCUT2D eigenvalue weighted by Gasteiger charge is 2.23. The van der Waals surface area contributed by atoms with Gasteiger partial charge in [0.1, 0.15) is 35.3 Å². The van der Waals surface area contributed by atoms with Crippen molar-refractivity contribution in [2.75, 3.05) is 18.6 Å². The first kappa shape index (κ1) is 20.6. The molecule has 2 rings (SSSR count). The Morgan fingerprint density at radius 3 is 2.29 bits per heavy atom. The lowest BCUT2D eigenvalue weighted by atomic mass is 10.0. The van der Waals surface area contributed by atoms with Crippen LogP contribution in [0.2, 0.25) is 0 Å². The number of nitriles is 3. The van der Waals surface area contributed by atoms with Gasteiger partial charge in [-0.3, -0.25) is 9.36 Å². The second-order valence-corrected chi connectivity index (χ2v) is 6.85. The average molecular weight is 391 g/mol. The monoisotopic (exact) mass is 391 g/mol. The Hall–Kier alpha value is -3.67. The predicted octanol–water partition coefficient (Wildman–Crippen LogP) is 3.12. The van der Waals surface area contributed by atoms with Crippen molar-refractivity contribution in [1.29, 1.82) is 15.8 Å². The van der Waals surface area contributed by atoms with Crippen molar-refractivity contribution in [2.45, 2.75) is 13.8 Å². The number of nitrogens with two attached hydrogens (primary N) is 1. The number of nitrogen functional groups attached to an aromatic ring is 1. The summed E-state index contributed by atoms with van der Waals surface area (Å²) in [6.07, 6.45) is 0. The molecule has 0 aliphatic carbocycles. The van der Waals surface area contributed by atoms with E-state index in [4.69, 9.17) is 10.5 Å².